The molecule has 8 heteroatoms. The Kier molecular flexibility index (Phi) is 6.04. The summed E-state index contributed by atoms with van der Waals surface area (Å²) in [5.41, 5.74) is 1.15. The van der Waals surface area contributed by atoms with Gasteiger partial charge in [-0.2, -0.15) is 4.31 Å². The number of amides is 2. The molecule has 0 saturated carbocycles. The summed E-state index contributed by atoms with van der Waals surface area (Å²) < 4.78 is 29.0. The summed E-state index contributed by atoms with van der Waals surface area (Å²) in [6, 6.07) is 22.7. The first-order valence-corrected chi connectivity index (χ1v) is 11.8. The van der Waals surface area contributed by atoms with Crippen molar-refractivity contribution in [1.82, 2.24) is 4.31 Å². The number of hydrogen-bond donors (Lipinski definition) is 0. The van der Waals surface area contributed by atoms with Gasteiger partial charge in [-0.25, -0.2) is 13.3 Å². The summed E-state index contributed by atoms with van der Waals surface area (Å²) in [4.78, 5) is 27.1. The standard InChI is InChI=1S/C23H19BrN2O4S/c24-18-11-13-20(14-12-18)31(29,30)25(16-17-7-3-1-4-8-17)21-15-22(27)26(23(21)28)19-9-5-2-6-10-19/h1-14,21H,15-16H2. The van der Waals surface area contributed by atoms with Crippen molar-refractivity contribution < 1.29 is 18.0 Å². The summed E-state index contributed by atoms with van der Waals surface area (Å²) >= 11 is 3.31. The fourth-order valence-corrected chi connectivity index (χ4v) is 5.39. The van der Waals surface area contributed by atoms with Gasteiger partial charge in [0.15, 0.2) is 0 Å². The van der Waals surface area contributed by atoms with Gasteiger partial charge in [-0.3, -0.25) is 9.59 Å². The van der Waals surface area contributed by atoms with Gasteiger partial charge in [0.1, 0.15) is 6.04 Å². The van der Waals surface area contributed by atoms with Crippen molar-refractivity contribution in [2.75, 3.05) is 4.90 Å². The molecule has 1 aliphatic heterocycles. The Morgan fingerprint density at radius 1 is 0.871 bits per heavy atom. The van der Waals surface area contributed by atoms with E-state index in [0.29, 0.717) is 5.69 Å². The van der Waals surface area contributed by atoms with E-state index in [1.54, 1.807) is 66.7 Å². The third-order valence-corrected chi connectivity index (χ3v) is 7.48. The highest BCUT2D eigenvalue weighted by Gasteiger charge is 2.46. The Bertz CT molecular complexity index is 1200. The zero-order valence-electron chi connectivity index (χ0n) is 16.4. The molecule has 0 radical (unpaired) electrons. The van der Waals surface area contributed by atoms with Gasteiger partial charge in [0, 0.05) is 11.0 Å². The SMILES string of the molecule is O=C1CC(N(Cc2ccccc2)S(=O)(=O)c2ccc(Br)cc2)C(=O)N1c1ccccc1. The topological polar surface area (TPSA) is 74.8 Å². The van der Waals surface area contributed by atoms with Crippen LogP contribution in [0, 0.1) is 0 Å². The van der Waals surface area contributed by atoms with E-state index in [2.05, 4.69) is 15.9 Å². The van der Waals surface area contributed by atoms with Crippen LogP contribution in [0.15, 0.2) is 94.3 Å². The van der Waals surface area contributed by atoms with Crippen molar-refractivity contribution in [3.05, 3.63) is 95.0 Å². The highest BCUT2D eigenvalue weighted by atomic mass is 79.9. The van der Waals surface area contributed by atoms with Gasteiger partial charge in [-0.15, -0.1) is 0 Å². The minimum atomic E-state index is -4.05. The van der Waals surface area contributed by atoms with Crippen molar-refractivity contribution in [2.24, 2.45) is 0 Å². The van der Waals surface area contributed by atoms with Crippen molar-refractivity contribution in [3.8, 4) is 0 Å². The zero-order valence-corrected chi connectivity index (χ0v) is 18.8. The van der Waals surface area contributed by atoms with E-state index < -0.39 is 27.9 Å². The third kappa shape index (κ3) is 4.32. The number of rotatable bonds is 6. The maximum absolute atomic E-state index is 13.6. The molecule has 1 unspecified atom stereocenters. The minimum absolute atomic E-state index is 0.0223. The number of sulfonamides is 1. The van der Waals surface area contributed by atoms with Crippen LogP contribution in [0.25, 0.3) is 0 Å². The molecule has 1 aliphatic rings. The van der Waals surface area contributed by atoms with Crippen LogP contribution in [-0.2, 0) is 26.2 Å². The lowest BCUT2D eigenvalue weighted by atomic mass is 10.2. The molecular weight excluding hydrogens is 480 g/mol. The van der Waals surface area contributed by atoms with E-state index in [1.807, 2.05) is 6.07 Å². The minimum Gasteiger partial charge on any atom is -0.274 e. The molecule has 0 bridgehead atoms. The Morgan fingerprint density at radius 2 is 1.45 bits per heavy atom. The number of anilines is 1. The molecule has 6 nitrogen and oxygen atoms in total. The molecule has 158 valence electrons. The van der Waals surface area contributed by atoms with Crippen LogP contribution in [0.5, 0.6) is 0 Å². The number of para-hydroxylation sites is 1. The van der Waals surface area contributed by atoms with Crippen LogP contribution >= 0.6 is 15.9 Å². The second-order valence-electron chi connectivity index (χ2n) is 7.11. The maximum Gasteiger partial charge on any atom is 0.252 e. The first-order valence-electron chi connectivity index (χ1n) is 9.61. The number of carbonyl (C=O) groups excluding carboxylic acids is 2. The van der Waals surface area contributed by atoms with Crippen molar-refractivity contribution in [2.45, 2.75) is 23.9 Å². The van der Waals surface area contributed by atoms with Crippen molar-refractivity contribution in [3.63, 3.8) is 0 Å². The molecule has 0 spiro atoms. The Labute approximate surface area is 189 Å². The molecule has 0 aliphatic carbocycles. The van der Waals surface area contributed by atoms with E-state index in [0.717, 1.165) is 19.2 Å². The Morgan fingerprint density at radius 3 is 2.06 bits per heavy atom. The molecule has 1 atom stereocenters. The normalized spacial score (nSPS) is 16.8. The van der Waals surface area contributed by atoms with E-state index in [1.165, 1.54) is 12.1 Å². The fraction of sp³-hybridized carbons (Fsp3) is 0.130. The van der Waals surface area contributed by atoms with E-state index in [9.17, 15) is 18.0 Å². The molecule has 0 aromatic heterocycles. The quantitative estimate of drug-likeness (QED) is 0.481. The van der Waals surface area contributed by atoms with E-state index in [-0.39, 0.29) is 17.9 Å². The van der Waals surface area contributed by atoms with Gasteiger partial charge in [-0.05, 0) is 42.0 Å². The van der Waals surface area contributed by atoms with Gasteiger partial charge < -0.3 is 0 Å². The van der Waals surface area contributed by atoms with Crippen molar-refractivity contribution in [1.29, 1.82) is 0 Å². The van der Waals surface area contributed by atoms with Gasteiger partial charge in [0.05, 0.1) is 17.0 Å². The molecule has 3 aromatic carbocycles. The highest BCUT2D eigenvalue weighted by Crippen LogP contribution is 2.30. The van der Waals surface area contributed by atoms with Crippen LogP contribution in [0.2, 0.25) is 0 Å². The number of benzene rings is 3. The second-order valence-corrected chi connectivity index (χ2v) is 9.92. The van der Waals surface area contributed by atoms with Gasteiger partial charge in [0.2, 0.25) is 15.9 Å². The molecule has 1 saturated heterocycles. The molecule has 4 rings (SSSR count). The summed E-state index contributed by atoms with van der Waals surface area (Å²) in [6.45, 7) is -0.0223. The third-order valence-electron chi connectivity index (χ3n) is 5.09. The molecule has 0 N–H and O–H groups in total. The molecule has 2 amide bonds. The van der Waals surface area contributed by atoms with Crippen LogP contribution < -0.4 is 4.90 Å². The van der Waals surface area contributed by atoms with E-state index in [4.69, 9.17) is 0 Å². The van der Waals surface area contributed by atoms with Crippen LogP contribution in [0.3, 0.4) is 0 Å². The lowest BCUT2D eigenvalue weighted by molar-refractivity contribution is -0.122. The first-order chi connectivity index (χ1) is 14.9. The number of hydrogen-bond acceptors (Lipinski definition) is 4. The lowest BCUT2D eigenvalue weighted by Gasteiger charge is -2.27. The molecular formula is C23H19BrN2O4S. The average molecular weight is 499 g/mol. The van der Waals surface area contributed by atoms with Gasteiger partial charge >= 0.3 is 0 Å². The fourth-order valence-electron chi connectivity index (χ4n) is 3.56. The monoisotopic (exact) mass is 498 g/mol. The average Bonchev–Trinajstić information content (AvgIpc) is 3.07. The molecule has 1 fully saturated rings. The second kappa shape index (κ2) is 8.74. The van der Waals surface area contributed by atoms with Crippen LogP contribution in [0.1, 0.15) is 12.0 Å². The van der Waals surface area contributed by atoms with Crippen LogP contribution in [-0.4, -0.2) is 30.6 Å². The molecule has 1 heterocycles. The molecule has 31 heavy (non-hydrogen) atoms. The summed E-state index contributed by atoms with van der Waals surface area (Å²) in [5.74, 6) is -0.974. The number of halogens is 1. The zero-order chi connectivity index (χ0) is 22.0. The van der Waals surface area contributed by atoms with Crippen LogP contribution in [0.4, 0.5) is 5.69 Å². The largest absolute Gasteiger partial charge is 0.274 e. The maximum atomic E-state index is 13.6. The van der Waals surface area contributed by atoms with E-state index >= 15 is 0 Å². The summed E-state index contributed by atoms with van der Waals surface area (Å²) in [6.07, 6.45) is -0.212. The summed E-state index contributed by atoms with van der Waals surface area (Å²) in [5, 5.41) is 0. The van der Waals surface area contributed by atoms with Gasteiger partial charge in [-0.1, -0.05) is 64.5 Å². The lowest BCUT2D eigenvalue weighted by Crippen LogP contribution is -2.45. The first kappa shape index (κ1) is 21.4. The predicted molar refractivity (Wildman–Crippen MR) is 121 cm³/mol. The molecule has 3 aromatic rings. The number of carbonyl (C=O) groups is 2. The summed E-state index contributed by atoms with van der Waals surface area (Å²) in [7, 11) is -4.05. The number of nitrogens with zero attached hydrogens (tertiary/aromatic N) is 2. The predicted octanol–water partition coefficient (Wildman–Crippen LogP) is 3.97. The smallest absolute Gasteiger partial charge is 0.252 e. The highest BCUT2D eigenvalue weighted by molar-refractivity contribution is 9.10. The number of imide groups is 1. The van der Waals surface area contributed by atoms with Crippen molar-refractivity contribution >= 4 is 43.5 Å². The Hall–Kier alpha value is -2.81. The Balaban J connectivity index is 1.75. The van der Waals surface area contributed by atoms with Gasteiger partial charge in [0.25, 0.3) is 5.91 Å².